The van der Waals surface area contributed by atoms with Crippen LogP contribution in [0.5, 0.6) is 0 Å². The van der Waals surface area contributed by atoms with Crippen LogP contribution in [0.3, 0.4) is 0 Å². The average Bonchev–Trinajstić information content (AvgIpc) is 2.45. The third kappa shape index (κ3) is 3.11. The van der Waals surface area contributed by atoms with Crippen LogP contribution >= 0.6 is 0 Å². The molecule has 5 heteroatoms. The van der Waals surface area contributed by atoms with E-state index in [1.165, 1.54) is 0 Å². The van der Waals surface area contributed by atoms with Gasteiger partial charge in [0.05, 0.1) is 30.4 Å². The molecule has 0 bridgehead atoms. The van der Waals surface area contributed by atoms with E-state index in [4.69, 9.17) is 15.1 Å². The molecule has 1 aromatic carbocycles. The van der Waals surface area contributed by atoms with Gasteiger partial charge in [-0.2, -0.15) is 5.26 Å². The molecule has 1 aliphatic rings. The number of aliphatic hydroxyl groups is 1. The predicted octanol–water partition coefficient (Wildman–Crippen LogP) is 0.780. The molecule has 19 heavy (non-hydrogen) atoms. The van der Waals surface area contributed by atoms with Gasteiger partial charge >= 0.3 is 0 Å². The van der Waals surface area contributed by atoms with Crippen LogP contribution in [0.1, 0.15) is 22.8 Å². The molecule has 2 unspecified atom stereocenters. The molecule has 2 atom stereocenters. The number of hydrogen-bond donors (Lipinski definition) is 1. The molecule has 1 fully saturated rings. The van der Waals surface area contributed by atoms with E-state index in [-0.39, 0.29) is 24.7 Å². The Balaban J connectivity index is 2.16. The number of morpholine rings is 1. The zero-order valence-electron chi connectivity index (χ0n) is 10.7. The summed E-state index contributed by atoms with van der Waals surface area (Å²) in [5.74, 6) is -0.134. The van der Waals surface area contributed by atoms with E-state index in [0.29, 0.717) is 24.2 Å². The Hall–Kier alpha value is -1.90. The second-order valence-electron chi connectivity index (χ2n) is 4.65. The molecular formula is C14H16N2O3. The van der Waals surface area contributed by atoms with Crippen molar-refractivity contribution in [1.82, 2.24) is 4.90 Å². The summed E-state index contributed by atoms with van der Waals surface area (Å²) < 4.78 is 5.50. The molecule has 1 aromatic rings. The van der Waals surface area contributed by atoms with Crippen molar-refractivity contribution in [1.29, 1.82) is 5.26 Å². The van der Waals surface area contributed by atoms with E-state index in [9.17, 15) is 4.79 Å². The minimum atomic E-state index is -0.341. The van der Waals surface area contributed by atoms with Gasteiger partial charge in [0.25, 0.3) is 5.91 Å². The first-order valence-corrected chi connectivity index (χ1v) is 6.19. The van der Waals surface area contributed by atoms with E-state index < -0.39 is 0 Å². The molecule has 0 spiro atoms. The second kappa shape index (κ2) is 5.83. The van der Waals surface area contributed by atoms with Gasteiger partial charge < -0.3 is 14.7 Å². The van der Waals surface area contributed by atoms with E-state index in [1.54, 1.807) is 29.2 Å². The zero-order valence-corrected chi connectivity index (χ0v) is 10.7. The van der Waals surface area contributed by atoms with Crippen LogP contribution < -0.4 is 0 Å². The lowest BCUT2D eigenvalue weighted by molar-refractivity contribution is -0.0858. The summed E-state index contributed by atoms with van der Waals surface area (Å²) in [4.78, 5) is 14.0. The van der Waals surface area contributed by atoms with Crippen LogP contribution in [0, 0.1) is 11.3 Å². The SMILES string of the molecule is CC1CN(C(=O)c2cccc(C#N)c2)CC(CO)O1. The summed E-state index contributed by atoms with van der Waals surface area (Å²) in [5, 5.41) is 18.0. The Morgan fingerprint density at radius 1 is 1.58 bits per heavy atom. The highest BCUT2D eigenvalue weighted by molar-refractivity contribution is 5.94. The van der Waals surface area contributed by atoms with Crippen molar-refractivity contribution in [3.8, 4) is 6.07 Å². The molecular weight excluding hydrogens is 244 g/mol. The van der Waals surface area contributed by atoms with Gasteiger partial charge in [0, 0.05) is 18.7 Å². The Morgan fingerprint density at radius 3 is 3.05 bits per heavy atom. The van der Waals surface area contributed by atoms with E-state index in [2.05, 4.69) is 0 Å². The number of hydrogen-bond acceptors (Lipinski definition) is 4. The highest BCUT2D eigenvalue weighted by atomic mass is 16.5. The van der Waals surface area contributed by atoms with Crippen LogP contribution in [-0.2, 0) is 4.74 Å². The van der Waals surface area contributed by atoms with E-state index in [1.807, 2.05) is 13.0 Å². The number of aliphatic hydroxyl groups excluding tert-OH is 1. The first-order valence-electron chi connectivity index (χ1n) is 6.19. The Labute approximate surface area is 112 Å². The molecule has 100 valence electrons. The molecule has 0 radical (unpaired) electrons. The summed E-state index contributed by atoms with van der Waals surface area (Å²) >= 11 is 0. The van der Waals surface area contributed by atoms with Gasteiger partial charge in [-0.1, -0.05) is 6.07 Å². The highest BCUT2D eigenvalue weighted by Crippen LogP contribution is 2.15. The molecule has 1 N–H and O–H groups in total. The van der Waals surface area contributed by atoms with Crippen molar-refractivity contribution in [2.24, 2.45) is 0 Å². The normalized spacial score (nSPS) is 22.9. The minimum Gasteiger partial charge on any atom is -0.394 e. The fourth-order valence-electron chi connectivity index (χ4n) is 2.22. The molecule has 1 amide bonds. The van der Waals surface area contributed by atoms with Gasteiger partial charge in [-0.15, -0.1) is 0 Å². The summed E-state index contributed by atoms with van der Waals surface area (Å²) in [5.41, 5.74) is 0.954. The molecule has 1 aliphatic heterocycles. The Kier molecular flexibility index (Phi) is 4.15. The Morgan fingerprint density at radius 2 is 2.37 bits per heavy atom. The van der Waals surface area contributed by atoms with Crippen LogP contribution in [-0.4, -0.2) is 47.8 Å². The van der Waals surface area contributed by atoms with Crippen molar-refractivity contribution in [3.63, 3.8) is 0 Å². The van der Waals surface area contributed by atoms with Crippen molar-refractivity contribution >= 4 is 5.91 Å². The second-order valence-corrected chi connectivity index (χ2v) is 4.65. The minimum absolute atomic E-state index is 0.103. The van der Waals surface area contributed by atoms with Crippen molar-refractivity contribution in [2.75, 3.05) is 19.7 Å². The summed E-state index contributed by atoms with van der Waals surface area (Å²) in [7, 11) is 0. The number of nitriles is 1. The molecule has 5 nitrogen and oxygen atoms in total. The molecule has 2 rings (SSSR count). The predicted molar refractivity (Wildman–Crippen MR) is 68.5 cm³/mol. The fraction of sp³-hybridized carbons (Fsp3) is 0.429. The van der Waals surface area contributed by atoms with Gasteiger partial charge in [-0.3, -0.25) is 4.79 Å². The van der Waals surface area contributed by atoms with Gasteiger partial charge in [-0.25, -0.2) is 0 Å². The largest absolute Gasteiger partial charge is 0.394 e. The molecule has 1 saturated heterocycles. The molecule has 1 heterocycles. The zero-order chi connectivity index (χ0) is 13.8. The maximum absolute atomic E-state index is 12.4. The number of carbonyl (C=O) groups excluding carboxylic acids is 1. The smallest absolute Gasteiger partial charge is 0.254 e. The first-order chi connectivity index (χ1) is 9.13. The van der Waals surface area contributed by atoms with E-state index in [0.717, 1.165) is 0 Å². The topological polar surface area (TPSA) is 73.6 Å². The summed E-state index contributed by atoms with van der Waals surface area (Å²) in [6.07, 6.45) is -0.444. The van der Waals surface area contributed by atoms with E-state index >= 15 is 0 Å². The van der Waals surface area contributed by atoms with Crippen molar-refractivity contribution < 1.29 is 14.6 Å². The standard InChI is InChI=1S/C14H16N2O3/c1-10-7-16(8-13(9-17)19-10)14(18)12-4-2-3-11(5-12)6-15/h2-5,10,13,17H,7-9H2,1H3. The number of ether oxygens (including phenoxy) is 1. The molecule has 0 aliphatic carbocycles. The number of rotatable bonds is 2. The van der Waals surface area contributed by atoms with Crippen LogP contribution in [0.2, 0.25) is 0 Å². The number of nitrogens with zero attached hydrogens (tertiary/aromatic N) is 2. The van der Waals surface area contributed by atoms with Crippen LogP contribution in [0.15, 0.2) is 24.3 Å². The quantitative estimate of drug-likeness (QED) is 0.852. The monoisotopic (exact) mass is 260 g/mol. The first kappa shape index (κ1) is 13.5. The lowest BCUT2D eigenvalue weighted by atomic mass is 10.1. The van der Waals surface area contributed by atoms with Gasteiger partial charge in [0.1, 0.15) is 0 Å². The third-order valence-electron chi connectivity index (χ3n) is 3.06. The average molecular weight is 260 g/mol. The van der Waals surface area contributed by atoms with Crippen LogP contribution in [0.4, 0.5) is 0 Å². The maximum Gasteiger partial charge on any atom is 0.254 e. The van der Waals surface area contributed by atoms with Crippen molar-refractivity contribution in [3.05, 3.63) is 35.4 Å². The molecule has 0 aromatic heterocycles. The van der Waals surface area contributed by atoms with Crippen molar-refractivity contribution in [2.45, 2.75) is 19.1 Å². The summed E-state index contributed by atoms with van der Waals surface area (Å²) in [6, 6.07) is 8.65. The lowest BCUT2D eigenvalue weighted by Gasteiger charge is -2.36. The van der Waals surface area contributed by atoms with Crippen LogP contribution in [0.25, 0.3) is 0 Å². The number of carbonyl (C=O) groups is 1. The molecule has 0 saturated carbocycles. The Bertz CT molecular complexity index is 510. The fourth-order valence-corrected chi connectivity index (χ4v) is 2.22. The maximum atomic E-state index is 12.4. The van der Waals surface area contributed by atoms with Gasteiger partial charge in [0.2, 0.25) is 0 Å². The highest BCUT2D eigenvalue weighted by Gasteiger charge is 2.28. The number of benzene rings is 1. The third-order valence-corrected chi connectivity index (χ3v) is 3.06. The van der Waals surface area contributed by atoms with Gasteiger partial charge in [0.15, 0.2) is 0 Å². The number of amides is 1. The lowest BCUT2D eigenvalue weighted by Crippen LogP contribution is -2.50. The van der Waals surface area contributed by atoms with Gasteiger partial charge in [-0.05, 0) is 25.1 Å². The summed E-state index contributed by atoms with van der Waals surface area (Å²) in [6.45, 7) is 2.63.